The highest BCUT2D eigenvalue weighted by Crippen LogP contribution is 2.11. The van der Waals surface area contributed by atoms with Crippen molar-refractivity contribution in [2.75, 3.05) is 26.2 Å². The van der Waals surface area contributed by atoms with Crippen LogP contribution >= 0.6 is 0 Å². The maximum absolute atomic E-state index is 13.2. The second-order valence-electron chi connectivity index (χ2n) is 5.49. The van der Waals surface area contributed by atoms with Crippen LogP contribution in [-0.4, -0.2) is 51.9 Å². The summed E-state index contributed by atoms with van der Waals surface area (Å²) >= 11 is 0. The molecule has 23 heavy (non-hydrogen) atoms. The van der Waals surface area contributed by atoms with Crippen LogP contribution in [0.25, 0.3) is 0 Å². The fourth-order valence-corrected chi connectivity index (χ4v) is 2.62. The van der Waals surface area contributed by atoms with Crippen molar-refractivity contribution < 1.29 is 9.18 Å². The number of piperazine rings is 1. The Balaban J connectivity index is 1.56. The molecule has 0 unspecified atom stereocenters. The van der Waals surface area contributed by atoms with Gasteiger partial charge in [-0.15, -0.1) is 0 Å². The van der Waals surface area contributed by atoms with Crippen molar-refractivity contribution in [3.63, 3.8) is 0 Å². The summed E-state index contributed by atoms with van der Waals surface area (Å²) in [5.74, 6) is -0.424. The van der Waals surface area contributed by atoms with Crippen LogP contribution in [0.1, 0.15) is 16.1 Å². The number of nitrogens with one attached hydrogen (secondary N) is 1. The number of aromatic nitrogens is 2. The molecule has 2 aromatic rings. The number of H-pyrrole nitrogens is 1. The lowest BCUT2D eigenvalue weighted by Crippen LogP contribution is -2.48. The molecule has 1 aliphatic rings. The van der Waals surface area contributed by atoms with Crippen molar-refractivity contribution in [1.82, 2.24) is 19.8 Å². The standard InChI is InChI=1S/C16H17FN4O2/c17-13-3-1-2-12(8-13)11-20-4-6-21(7-5-20)16(23)14-9-19-15(22)10-18-14/h1-3,8-10H,4-7,11H2,(H,19,22). The van der Waals surface area contributed by atoms with E-state index in [-0.39, 0.29) is 23.0 Å². The summed E-state index contributed by atoms with van der Waals surface area (Å²) in [6.45, 7) is 3.25. The minimum Gasteiger partial charge on any atom is -0.335 e. The van der Waals surface area contributed by atoms with Gasteiger partial charge in [-0.05, 0) is 17.7 Å². The lowest BCUT2D eigenvalue weighted by atomic mass is 10.2. The molecule has 1 fully saturated rings. The summed E-state index contributed by atoms with van der Waals surface area (Å²) in [4.78, 5) is 33.5. The van der Waals surface area contributed by atoms with Crippen molar-refractivity contribution in [1.29, 1.82) is 0 Å². The molecule has 2 heterocycles. The Kier molecular flexibility index (Phi) is 4.47. The maximum Gasteiger partial charge on any atom is 0.274 e. The Hall–Kier alpha value is -2.54. The molecule has 3 rings (SSSR count). The molecular formula is C16H17FN4O2. The fourth-order valence-electron chi connectivity index (χ4n) is 2.62. The summed E-state index contributed by atoms with van der Waals surface area (Å²) in [6, 6.07) is 6.55. The summed E-state index contributed by atoms with van der Waals surface area (Å²) in [7, 11) is 0. The van der Waals surface area contributed by atoms with Crippen LogP contribution in [-0.2, 0) is 6.54 Å². The first kappa shape index (κ1) is 15.4. The van der Waals surface area contributed by atoms with Gasteiger partial charge in [0.05, 0.1) is 6.20 Å². The largest absolute Gasteiger partial charge is 0.335 e. The van der Waals surface area contributed by atoms with Gasteiger partial charge < -0.3 is 9.88 Å². The first-order valence-corrected chi connectivity index (χ1v) is 7.42. The van der Waals surface area contributed by atoms with Gasteiger partial charge in [0.1, 0.15) is 11.5 Å². The van der Waals surface area contributed by atoms with Gasteiger partial charge in [0, 0.05) is 38.9 Å². The summed E-state index contributed by atoms with van der Waals surface area (Å²) < 4.78 is 13.2. The molecule has 120 valence electrons. The molecule has 1 aromatic carbocycles. The molecule has 0 spiro atoms. The van der Waals surface area contributed by atoms with E-state index >= 15 is 0 Å². The van der Waals surface area contributed by atoms with Crippen molar-refractivity contribution in [3.8, 4) is 0 Å². The Morgan fingerprint density at radius 2 is 2.04 bits per heavy atom. The second-order valence-corrected chi connectivity index (χ2v) is 5.49. The molecule has 0 bridgehead atoms. The minimum absolute atomic E-state index is 0.188. The average molecular weight is 316 g/mol. The number of hydrogen-bond acceptors (Lipinski definition) is 4. The molecule has 0 radical (unpaired) electrons. The van der Waals surface area contributed by atoms with Crippen LogP contribution < -0.4 is 5.56 Å². The molecule has 1 N–H and O–H groups in total. The van der Waals surface area contributed by atoms with E-state index < -0.39 is 0 Å². The van der Waals surface area contributed by atoms with E-state index in [1.165, 1.54) is 18.3 Å². The highest BCUT2D eigenvalue weighted by Gasteiger charge is 2.23. The fraction of sp³-hybridized carbons (Fsp3) is 0.312. The topological polar surface area (TPSA) is 69.3 Å². The molecule has 0 saturated carbocycles. The molecule has 1 amide bonds. The highest BCUT2D eigenvalue weighted by molar-refractivity contribution is 5.92. The van der Waals surface area contributed by atoms with Gasteiger partial charge in [0.2, 0.25) is 0 Å². The van der Waals surface area contributed by atoms with E-state index in [1.54, 1.807) is 11.0 Å². The normalized spacial score (nSPS) is 15.6. The van der Waals surface area contributed by atoms with E-state index in [1.807, 2.05) is 6.07 Å². The highest BCUT2D eigenvalue weighted by atomic mass is 19.1. The second kappa shape index (κ2) is 6.70. The van der Waals surface area contributed by atoms with Gasteiger partial charge in [0.15, 0.2) is 0 Å². The van der Waals surface area contributed by atoms with Crippen molar-refractivity contribution in [2.45, 2.75) is 6.54 Å². The molecule has 1 aromatic heterocycles. The zero-order valence-corrected chi connectivity index (χ0v) is 12.5. The van der Waals surface area contributed by atoms with Crippen LogP contribution in [0.5, 0.6) is 0 Å². The van der Waals surface area contributed by atoms with E-state index in [2.05, 4.69) is 14.9 Å². The first-order chi connectivity index (χ1) is 11.1. The van der Waals surface area contributed by atoms with Crippen LogP contribution in [0, 0.1) is 5.82 Å². The predicted octanol–water partition coefficient (Wildman–Crippen LogP) is 0.867. The van der Waals surface area contributed by atoms with Gasteiger partial charge in [0.25, 0.3) is 11.5 Å². The molecule has 1 aliphatic heterocycles. The maximum atomic E-state index is 13.2. The van der Waals surface area contributed by atoms with Gasteiger partial charge in [-0.2, -0.15) is 0 Å². The van der Waals surface area contributed by atoms with Crippen molar-refractivity contribution >= 4 is 5.91 Å². The number of amides is 1. The van der Waals surface area contributed by atoms with Crippen LogP contribution in [0.4, 0.5) is 4.39 Å². The number of halogens is 1. The number of hydrogen-bond donors (Lipinski definition) is 1. The number of aromatic amines is 1. The zero-order valence-electron chi connectivity index (χ0n) is 12.5. The SMILES string of the molecule is O=C(c1c[nH]c(=O)cn1)N1CCN(Cc2cccc(F)c2)CC1. The van der Waals surface area contributed by atoms with Crippen LogP contribution in [0.2, 0.25) is 0 Å². The molecule has 0 aliphatic carbocycles. The smallest absolute Gasteiger partial charge is 0.274 e. The molecule has 7 heteroatoms. The average Bonchev–Trinajstić information content (AvgIpc) is 2.56. The monoisotopic (exact) mass is 316 g/mol. The number of rotatable bonds is 3. The molecular weight excluding hydrogens is 299 g/mol. The Bertz CT molecular complexity index is 733. The van der Waals surface area contributed by atoms with Gasteiger partial charge >= 0.3 is 0 Å². The number of carbonyl (C=O) groups excluding carboxylic acids is 1. The quantitative estimate of drug-likeness (QED) is 0.912. The van der Waals surface area contributed by atoms with E-state index in [0.29, 0.717) is 32.7 Å². The van der Waals surface area contributed by atoms with Gasteiger partial charge in [-0.25, -0.2) is 9.37 Å². The molecule has 6 nitrogen and oxygen atoms in total. The van der Waals surface area contributed by atoms with Crippen molar-refractivity contribution in [2.24, 2.45) is 0 Å². The minimum atomic E-state index is -0.332. The zero-order chi connectivity index (χ0) is 16.2. The third-order valence-electron chi connectivity index (χ3n) is 3.85. The van der Waals surface area contributed by atoms with E-state index in [4.69, 9.17) is 0 Å². The van der Waals surface area contributed by atoms with E-state index in [0.717, 1.165) is 11.8 Å². The van der Waals surface area contributed by atoms with Crippen molar-refractivity contribution in [3.05, 3.63) is 64.1 Å². The van der Waals surface area contributed by atoms with Crippen LogP contribution in [0.15, 0.2) is 41.5 Å². The summed E-state index contributed by atoms with van der Waals surface area (Å²) in [5, 5.41) is 0. The van der Waals surface area contributed by atoms with E-state index in [9.17, 15) is 14.0 Å². The lowest BCUT2D eigenvalue weighted by Gasteiger charge is -2.34. The Labute approximate surface area is 132 Å². The summed E-state index contributed by atoms with van der Waals surface area (Å²) in [6.07, 6.45) is 2.44. The molecule has 1 saturated heterocycles. The number of nitrogens with zero attached hydrogens (tertiary/aromatic N) is 3. The third kappa shape index (κ3) is 3.81. The first-order valence-electron chi connectivity index (χ1n) is 7.42. The lowest BCUT2D eigenvalue weighted by molar-refractivity contribution is 0.0622. The van der Waals surface area contributed by atoms with Gasteiger partial charge in [-0.1, -0.05) is 12.1 Å². The third-order valence-corrected chi connectivity index (χ3v) is 3.85. The Morgan fingerprint density at radius 1 is 1.26 bits per heavy atom. The number of carbonyl (C=O) groups is 1. The molecule has 0 atom stereocenters. The Morgan fingerprint density at radius 3 is 2.70 bits per heavy atom. The van der Waals surface area contributed by atoms with Gasteiger partial charge in [-0.3, -0.25) is 14.5 Å². The predicted molar refractivity (Wildman–Crippen MR) is 82.4 cm³/mol. The van der Waals surface area contributed by atoms with Crippen LogP contribution in [0.3, 0.4) is 0 Å². The summed E-state index contributed by atoms with van der Waals surface area (Å²) in [5.41, 5.74) is 0.830. The number of benzene rings is 1.